The Bertz CT molecular complexity index is 452. The normalized spacial score (nSPS) is 15.7. The van der Waals surface area contributed by atoms with Crippen LogP contribution in [0.4, 0.5) is 0 Å². The summed E-state index contributed by atoms with van der Waals surface area (Å²) in [6.07, 6.45) is 0.603. The smallest absolute Gasteiger partial charge is 0.325 e. The first-order valence-corrected chi connectivity index (χ1v) is 7.45. The van der Waals surface area contributed by atoms with Crippen LogP contribution in [0.15, 0.2) is 0 Å². The second-order valence-corrected chi connectivity index (χ2v) is 5.51. The quantitative estimate of drug-likeness (QED) is 0.350. The number of nitrogens with two attached hydrogens (primary N) is 1. The van der Waals surface area contributed by atoms with Gasteiger partial charge in [0.15, 0.2) is 0 Å². The zero-order valence-electron chi connectivity index (χ0n) is 13.9. The Morgan fingerprint density at radius 1 is 1.04 bits per heavy atom. The highest BCUT2D eigenvalue weighted by atomic mass is 16.4. The van der Waals surface area contributed by atoms with Crippen LogP contribution < -0.4 is 21.7 Å². The van der Waals surface area contributed by atoms with Gasteiger partial charge in [-0.25, -0.2) is 0 Å². The fourth-order valence-electron chi connectivity index (χ4n) is 1.62. The predicted octanol–water partition coefficient (Wildman–Crippen LogP) is -1.43. The molecular formula is C14H26N4O5. The summed E-state index contributed by atoms with van der Waals surface area (Å²) in [5.74, 6) is -2.99. The third-order valence-electron chi connectivity index (χ3n) is 3.38. The van der Waals surface area contributed by atoms with Crippen molar-refractivity contribution in [1.82, 2.24) is 16.0 Å². The summed E-state index contributed by atoms with van der Waals surface area (Å²) < 4.78 is 0. The van der Waals surface area contributed by atoms with Gasteiger partial charge < -0.3 is 26.8 Å². The van der Waals surface area contributed by atoms with Crippen LogP contribution in [0.5, 0.6) is 0 Å². The first-order chi connectivity index (χ1) is 10.6. The fourth-order valence-corrected chi connectivity index (χ4v) is 1.62. The van der Waals surface area contributed by atoms with Gasteiger partial charge in [-0.1, -0.05) is 20.3 Å². The maximum Gasteiger partial charge on any atom is 0.325 e. The van der Waals surface area contributed by atoms with Crippen molar-refractivity contribution in [3.8, 4) is 0 Å². The molecule has 9 heteroatoms. The third kappa shape index (κ3) is 7.59. The number of amides is 3. The zero-order valence-corrected chi connectivity index (χ0v) is 13.9. The molecule has 0 saturated carbocycles. The predicted molar refractivity (Wildman–Crippen MR) is 83.3 cm³/mol. The van der Waals surface area contributed by atoms with E-state index in [9.17, 15) is 19.2 Å². The monoisotopic (exact) mass is 330 g/mol. The topological polar surface area (TPSA) is 151 Å². The Morgan fingerprint density at radius 3 is 2.04 bits per heavy atom. The molecule has 0 aromatic rings. The average Bonchev–Trinajstić information content (AvgIpc) is 2.48. The Balaban J connectivity index is 4.73. The van der Waals surface area contributed by atoms with E-state index in [0.29, 0.717) is 6.42 Å². The molecule has 23 heavy (non-hydrogen) atoms. The van der Waals surface area contributed by atoms with Gasteiger partial charge in [-0.3, -0.25) is 19.2 Å². The van der Waals surface area contributed by atoms with Crippen LogP contribution in [-0.4, -0.2) is 53.5 Å². The number of hydrogen-bond donors (Lipinski definition) is 5. The van der Waals surface area contributed by atoms with Crippen molar-refractivity contribution in [3.05, 3.63) is 0 Å². The Kier molecular flexibility index (Phi) is 8.86. The summed E-state index contributed by atoms with van der Waals surface area (Å²) in [5.41, 5.74) is 5.36. The molecule has 0 aliphatic heterocycles. The van der Waals surface area contributed by atoms with Crippen molar-refractivity contribution in [2.75, 3.05) is 6.54 Å². The van der Waals surface area contributed by atoms with Gasteiger partial charge in [0.25, 0.3) is 0 Å². The van der Waals surface area contributed by atoms with Crippen molar-refractivity contribution in [2.24, 2.45) is 11.7 Å². The molecule has 0 aliphatic carbocycles. The summed E-state index contributed by atoms with van der Waals surface area (Å²) in [6.45, 7) is 6.11. The minimum Gasteiger partial charge on any atom is -0.480 e. The third-order valence-corrected chi connectivity index (χ3v) is 3.38. The lowest BCUT2D eigenvalue weighted by Gasteiger charge is -2.24. The molecular weight excluding hydrogens is 304 g/mol. The molecule has 132 valence electrons. The average molecular weight is 330 g/mol. The van der Waals surface area contributed by atoms with Crippen molar-refractivity contribution in [1.29, 1.82) is 0 Å². The van der Waals surface area contributed by atoms with E-state index < -0.39 is 41.8 Å². The summed E-state index contributed by atoms with van der Waals surface area (Å²) in [6, 6.07) is -2.70. The fraction of sp³-hybridized carbons (Fsp3) is 0.714. The lowest BCUT2D eigenvalue weighted by atomic mass is 9.98. The van der Waals surface area contributed by atoms with E-state index in [1.165, 1.54) is 13.8 Å². The van der Waals surface area contributed by atoms with Crippen molar-refractivity contribution >= 4 is 23.7 Å². The minimum absolute atomic E-state index is 0.205. The number of aliphatic carboxylic acids is 1. The first kappa shape index (κ1) is 20.8. The molecule has 0 saturated heterocycles. The van der Waals surface area contributed by atoms with Crippen LogP contribution in [-0.2, 0) is 19.2 Å². The van der Waals surface area contributed by atoms with Gasteiger partial charge in [0.1, 0.15) is 12.1 Å². The minimum atomic E-state index is -1.17. The summed E-state index contributed by atoms with van der Waals surface area (Å²) in [4.78, 5) is 46.1. The van der Waals surface area contributed by atoms with Crippen LogP contribution in [0.2, 0.25) is 0 Å². The Morgan fingerprint density at radius 2 is 1.61 bits per heavy atom. The molecule has 3 amide bonds. The first-order valence-electron chi connectivity index (χ1n) is 7.45. The van der Waals surface area contributed by atoms with Crippen molar-refractivity contribution < 1.29 is 24.3 Å². The summed E-state index contributed by atoms with van der Waals surface area (Å²) >= 11 is 0. The number of hydrogen-bond acceptors (Lipinski definition) is 5. The molecule has 0 radical (unpaired) electrons. The highest BCUT2D eigenvalue weighted by molar-refractivity contribution is 5.92. The van der Waals surface area contributed by atoms with Gasteiger partial charge in [-0.15, -0.1) is 0 Å². The van der Waals surface area contributed by atoms with Gasteiger partial charge in [0.2, 0.25) is 17.7 Å². The van der Waals surface area contributed by atoms with Crippen LogP contribution in [0, 0.1) is 5.92 Å². The van der Waals surface area contributed by atoms with Gasteiger partial charge in [0.05, 0.1) is 12.6 Å². The standard InChI is InChI=1S/C14H26N4O5/c1-5-7(2)11(13(21)17-9(4)14(22)23)18-10(19)6-16-12(20)8(3)15/h7-9,11H,5-6,15H2,1-4H3,(H,16,20)(H,17,21)(H,18,19)(H,22,23). The number of carboxylic acid groups (broad SMARTS) is 1. The number of carbonyl (C=O) groups is 4. The Labute approximate surface area is 135 Å². The summed E-state index contributed by atoms with van der Waals surface area (Å²) in [5, 5.41) is 16.0. The van der Waals surface area contributed by atoms with Crippen LogP contribution in [0.3, 0.4) is 0 Å². The highest BCUT2D eigenvalue weighted by Gasteiger charge is 2.28. The van der Waals surface area contributed by atoms with E-state index in [4.69, 9.17) is 10.8 Å². The van der Waals surface area contributed by atoms with E-state index >= 15 is 0 Å². The zero-order chi connectivity index (χ0) is 18.2. The lowest BCUT2D eigenvalue weighted by molar-refractivity contribution is -0.142. The molecule has 0 aromatic carbocycles. The molecule has 0 aromatic heterocycles. The van der Waals surface area contributed by atoms with Gasteiger partial charge in [-0.2, -0.15) is 0 Å². The van der Waals surface area contributed by atoms with E-state index in [1.807, 2.05) is 6.92 Å². The van der Waals surface area contributed by atoms with Crippen LogP contribution in [0.25, 0.3) is 0 Å². The number of nitrogens with one attached hydrogen (secondary N) is 3. The largest absolute Gasteiger partial charge is 0.480 e. The molecule has 4 unspecified atom stereocenters. The van der Waals surface area contributed by atoms with Gasteiger partial charge in [0, 0.05) is 0 Å². The summed E-state index contributed by atoms with van der Waals surface area (Å²) in [7, 11) is 0. The van der Waals surface area contributed by atoms with Crippen LogP contribution >= 0.6 is 0 Å². The number of carboxylic acids is 1. The second kappa shape index (κ2) is 9.78. The number of rotatable bonds is 9. The van der Waals surface area contributed by atoms with E-state index in [0.717, 1.165) is 0 Å². The molecule has 0 fully saturated rings. The molecule has 0 spiro atoms. The molecule has 0 heterocycles. The SMILES string of the molecule is CCC(C)C(NC(=O)CNC(=O)C(C)N)C(=O)NC(C)C(=O)O. The maximum atomic E-state index is 12.1. The van der Waals surface area contributed by atoms with E-state index in [2.05, 4.69) is 16.0 Å². The number of carbonyl (C=O) groups excluding carboxylic acids is 3. The van der Waals surface area contributed by atoms with Gasteiger partial charge in [-0.05, 0) is 19.8 Å². The molecule has 9 nitrogen and oxygen atoms in total. The lowest BCUT2D eigenvalue weighted by Crippen LogP contribution is -2.55. The Hall–Kier alpha value is -2.16. The molecule has 0 bridgehead atoms. The second-order valence-electron chi connectivity index (χ2n) is 5.51. The van der Waals surface area contributed by atoms with Crippen molar-refractivity contribution in [2.45, 2.75) is 52.2 Å². The molecule has 0 rings (SSSR count). The van der Waals surface area contributed by atoms with Gasteiger partial charge >= 0.3 is 5.97 Å². The van der Waals surface area contributed by atoms with E-state index in [1.54, 1.807) is 6.92 Å². The molecule has 4 atom stereocenters. The molecule has 6 N–H and O–H groups in total. The van der Waals surface area contributed by atoms with Crippen molar-refractivity contribution in [3.63, 3.8) is 0 Å². The molecule has 0 aliphatic rings. The highest BCUT2D eigenvalue weighted by Crippen LogP contribution is 2.08. The maximum absolute atomic E-state index is 12.1. The van der Waals surface area contributed by atoms with E-state index in [-0.39, 0.29) is 12.5 Å². The van der Waals surface area contributed by atoms with Crippen LogP contribution in [0.1, 0.15) is 34.1 Å².